The molecule has 1 aliphatic carbocycles. The molecule has 66 valence electrons. The van der Waals surface area contributed by atoms with Crippen molar-refractivity contribution >= 4 is 11.8 Å². The van der Waals surface area contributed by atoms with Crippen LogP contribution in [0.2, 0.25) is 0 Å². The molecule has 1 rings (SSSR count). The minimum absolute atomic E-state index is 0.0684. The Balaban J connectivity index is 2.59. The van der Waals surface area contributed by atoms with Gasteiger partial charge in [0, 0.05) is 0 Å². The molecule has 0 radical (unpaired) electrons. The van der Waals surface area contributed by atoms with Crippen molar-refractivity contribution in [3.63, 3.8) is 0 Å². The average Bonchev–Trinajstić information content (AvgIpc) is 2.04. The van der Waals surface area contributed by atoms with Crippen LogP contribution in [0.3, 0.4) is 0 Å². The first-order valence-corrected chi connectivity index (χ1v) is 4.04. The summed E-state index contributed by atoms with van der Waals surface area (Å²) >= 11 is 0. The molecule has 0 aromatic carbocycles. The van der Waals surface area contributed by atoms with Crippen LogP contribution >= 0.6 is 0 Å². The van der Waals surface area contributed by atoms with Crippen LogP contribution < -0.4 is 0 Å². The normalized spacial score (nSPS) is 23.1. The SMILES string of the molecule is CC(=O)C1=CCC(C(=O)O)CC1. The topological polar surface area (TPSA) is 54.4 Å². The van der Waals surface area contributed by atoms with Gasteiger partial charge in [-0.3, -0.25) is 9.59 Å². The van der Waals surface area contributed by atoms with Crippen molar-refractivity contribution in [3.8, 4) is 0 Å². The molecular weight excluding hydrogens is 156 g/mol. The number of aliphatic carboxylic acids is 1. The summed E-state index contributed by atoms with van der Waals surface area (Å²) in [5.74, 6) is -0.971. The second-order valence-electron chi connectivity index (χ2n) is 3.10. The van der Waals surface area contributed by atoms with Gasteiger partial charge in [-0.05, 0) is 31.8 Å². The quantitative estimate of drug-likeness (QED) is 0.677. The minimum Gasteiger partial charge on any atom is -0.481 e. The standard InChI is InChI=1S/C9H12O3/c1-6(10)7-2-4-8(5-3-7)9(11)12/h2,8H,3-5H2,1H3,(H,11,12). The summed E-state index contributed by atoms with van der Waals surface area (Å²) in [4.78, 5) is 21.4. The predicted octanol–water partition coefficient (Wildman–Crippen LogP) is 1.39. The predicted molar refractivity (Wildman–Crippen MR) is 43.7 cm³/mol. The van der Waals surface area contributed by atoms with Gasteiger partial charge in [-0.15, -0.1) is 0 Å². The number of rotatable bonds is 2. The second-order valence-corrected chi connectivity index (χ2v) is 3.10. The number of carboxylic acids is 1. The lowest BCUT2D eigenvalue weighted by Gasteiger charge is -2.16. The van der Waals surface area contributed by atoms with E-state index in [1.54, 1.807) is 6.08 Å². The fourth-order valence-electron chi connectivity index (χ4n) is 1.38. The van der Waals surface area contributed by atoms with Crippen LogP contribution in [0.15, 0.2) is 11.6 Å². The van der Waals surface area contributed by atoms with Gasteiger partial charge in [0.1, 0.15) is 0 Å². The Hall–Kier alpha value is -1.12. The number of Topliss-reactive ketones (excluding diaryl/α,β-unsaturated/α-hetero) is 1. The summed E-state index contributed by atoms with van der Waals surface area (Å²) in [6.07, 6.45) is 3.47. The molecule has 1 atom stereocenters. The molecule has 3 heteroatoms. The number of ketones is 1. The largest absolute Gasteiger partial charge is 0.481 e. The maximum atomic E-state index is 10.9. The van der Waals surface area contributed by atoms with Gasteiger partial charge in [0.15, 0.2) is 5.78 Å². The third-order valence-electron chi connectivity index (χ3n) is 2.21. The number of carboxylic acid groups (broad SMARTS) is 1. The fraction of sp³-hybridized carbons (Fsp3) is 0.556. The Morgan fingerprint density at radius 2 is 2.25 bits per heavy atom. The lowest BCUT2D eigenvalue weighted by molar-refractivity contribution is -0.142. The molecular formula is C9H12O3. The van der Waals surface area contributed by atoms with Crippen molar-refractivity contribution in [3.05, 3.63) is 11.6 Å². The zero-order valence-corrected chi connectivity index (χ0v) is 7.04. The van der Waals surface area contributed by atoms with Crippen LogP contribution in [0, 0.1) is 5.92 Å². The molecule has 1 unspecified atom stereocenters. The third-order valence-corrected chi connectivity index (χ3v) is 2.21. The van der Waals surface area contributed by atoms with E-state index < -0.39 is 5.97 Å². The maximum absolute atomic E-state index is 10.9. The second kappa shape index (κ2) is 3.52. The minimum atomic E-state index is -0.756. The van der Waals surface area contributed by atoms with E-state index in [-0.39, 0.29) is 11.7 Å². The number of carbonyl (C=O) groups excluding carboxylic acids is 1. The van der Waals surface area contributed by atoms with Gasteiger partial charge >= 0.3 is 5.97 Å². The summed E-state index contributed by atoms with van der Waals surface area (Å²) in [5.41, 5.74) is 0.785. The lowest BCUT2D eigenvalue weighted by atomic mass is 9.88. The van der Waals surface area contributed by atoms with Gasteiger partial charge in [-0.1, -0.05) is 6.08 Å². The zero-order chi connectivity index (χ0) is 9.14. The third kappa shape index (κ3) is 1.94. The molecule has 0 aromatic rings. The van der Waals surface area contributed by atoms with E-state index in [0.717, 1.165) is 5.57 Å². The van der Waals surface area contributed by atoms with Crippen molar-refractivity contribution in [2.45, 2.75) is 26.2 Å². The zero-order valence-electron chi connectivity index (χ0n) is 7.04. The first-order chi connectivity index (χ1) is 5.61. The Kier molecular flexibility index (Phi) is 2.63. The van der Waals surface area contributed by atoms with Gasteiger partial charge in [0.05, 0.1) is 5.92 Å². The van der Waals surface area contributed by atoms with Gasteiger partial charge in [-0.25, -0.2) is 0 Å². The van der Waals surface area contributed by atoms with Gasteiger partial charge in [-0.2, -0.15) is 0 Å². The van der Waals surface area contributed by atoms with Crippen molar-refractivity contribution in [1.82, 2.24) is 0 Å². The van der Waals surface area contributed by atoms with Gasteiger partial charge in [0.2, 0.25) is 0 Å². The first-order valence-electron chi connectivity index (χ1n) is 4.04. The fourth-order valence-corrected chi connectivity index (χ4v) is 1.38. The summed E-state index contributed by atoms with van der Waals surface area (Å²) in [5, 5.41) is 8.65. The summed E-state index contributed by atoms with van der Waals surface area (Å²) in [6, 6.07) is 0. The van der Waals surface area contributed by atoms with Crippen LogP contribution in [-0.4, -0.2) is 16.9 Å². The first kappa shape index (κ1) is 8.97. The monoisotopic (exact) mass is 168 g/mol. The van der Waals surface area contributed by atoms with E-state index in [4.69, 9.17) is 5.11 Å². The Morgan fingerprint density at radius 1 is 1.58 bits per heavy atom. The average molecular weight is 168 g/mol. The van der Waals surface area contributed by atoms with E-state index in [2.05, 4.69) is 0 Å². The van der Waals surface area contributed by atoms with Crippen molar-refractivity contribution in [1.29, 1.82) is 0 Å². The van der Waals surface area contributed by atoms with Crippen LogP contribution in [0.1, 0.15) is 26.2 Å². The summed E-state index contributed by atoms with van der Waals surface area (Å²) < 4.78 is 0. The Labute approximate surface area is 71.1 Å². The highest BCUT2D eigenvalue weighted by Crippen LogP contribution is 2.23. The molecule has 0 amide bonds. The molecule has 0 heterocycles. The summed E-state index contributed by atoms with van der Waals surface area (Å²) in [6.45, 7) is 1.52. The maximum Gasteiger partial charge on any atom is 0.306 e. The molecule has 0 aromatic heterocycles. The number of hydrogen-bond acceptors (Lipinski definition) is 2. The highest BCUT2D eigenvalue weighted by Gasteiger charge is 2.21. The van der Waals surface area contributed by atoms with Crippen molar-refractivity contribution in [2.24, 2.45) is 5.92 Å². The highest BCUT2D eigenvalue weighted by atomic mass is 16.4. The molecule has 12 heavy (non-hydrogen) atoms. The smallest absolute Gasteiger partial charge is 0.306 e. The van der Waals surface area contributed by atoms with E-state index in [9.17, 15) is 9.59 Å². The Bertz CT molecular complexity index is 240. The molecule has 3 nitrogen and oxygen atoms in total. The molecule has 0 fully saturated rings. The molecule has 0 spiro atoms. The van der Waals surface area contributed by atoms with Crippen LogP contribution in [0.4, 0.5) is 0 Å². The van der Waals surface area contributed by atoms with Crippen molar-refractivity contribution < 1.29 is 14.7 Å². The molecule has 0 saturated heterocycles. The Morgan fingerprint density at radius 3 is 2.58 bits per heavy atom. The van der Waals surface area contributed by atoms with E-state index in [0.29, 0.717) is 19.3 Å². The highest BCUT2D eigenvalue weighted by molar-refractivity contribution is 5.93. The molecule has 1 aliphatic rings. The molecule has 0 aliphatic heterocycles. The van der Waals surface area contributed by atoms with Gasteiger partial charge < -0.3 is 5.11 Å². The van der Waals surface area contributed by atoms with Crippen LogP contribution in [0.5, 0.6) is 0 Å². The van der Waals surface area contributed by atoms with E-state index >= 15 is 0 Å². The van der Waals surface area contributed by atoms with E-state index in [1.807, 2.05) is 0 Å². The number of carbonyl (C=O) groups is 2. The number of allylic oxidation sites excluding steroid dienone is 2. The summed E-state index contributed by atoms with van der Waals surface area (Å²) in [7, 11) is 0. The van der Waals surface area contributed by atoms with Crippen LogP contribution in [-0.2, 0) is 9.59 Å². The van der Waals surface area contributed by atoms with Crippen LogP contribution in [0.25, 0.3) is 0 Å². The molecule has 0 saturated carbocycles. The lowest BCUT2D eigenvalue weighted by Crippen LogP contribution is -2.17. The molecule has 1 N–H and O–H groups in total. The molecule has 0 bridgehead atoms. The van der Waals surface area contributed by atoms with Crippen molar-refractivity contribution in [2.75, 3.05) is 0 Å². The van der Waals surface area contributed by atoms with Gasteiger partial charge in [0.25, 0.3) is 0 Å². The van der Waals surface area contributed by atoms with E-state index in [1.165, 1.54) is 6.92 Å². The number of hydrogen-bond donors (Lipinski definition) is 1.